The molecule has 0 amide bonds. The highest BCUT2D eigenvalue weighted by atomic mass is 32.2. The van der Waals surface area contributed by atoms with Crippen molar-refractivity contribution in [3.8, 4) is 0 Å². The molecular formula is C13H21NO2S. The van der Waals surface area contributed by atoms with Crippen LogP contribution >= 0.6 is 0 Å². The molecule has 0 saturated heterocycles. The number of hydrogen-bond donors (Lipinski definition) is 1. The summed E-state index contributed by atoms with van der Waals surface area (Å²) in [5, 5.41) is 3.24. The Morgan fingerprint density at radius 1 is 1.35 bits per heavy atom. The molecule has 1 rings (SSSR count). The zero-order valence-corrected chi connectivity index (χ0v) is 11.5. The van der Waals surface area contributed by atoms with Gasteiger partial charge in [-0.25, -0.2) is 8.42 Å². The molecule has 1 N–H and O–H groups in total. The third-order valence-electron chi connectivity index (χ3n) is 2.68. The molecule has 0 bridgehead atoms. The third kappa shape index (κ3) is 5.33. The standard InChI is InChI=1S/C13H21NO2S/c1-4-17(15,16)10-12(3)14-9-13-7-5-6-11(2)8-13/h5-8,12,14H,4,9-10H2,1-3H3. The molecule has 4 heteroatoms. The Hall–Kier alpha value is -0.870. The van der Waals surface area contributed by atoms with Crippen molar-refractivity contribution >= 4 is 9.84 Å². The first-order chi connectivity index (χ1) is 7.93. The van der Waals surface area contributed by atoms with Crippen LogP contribution in [0.3, 0.4) is 0 Å². The normalized spacial score (nSPS) is 13.6. The Balaban J connectivity index is 2.46. The topological polar surface area (TPSA) is 46.2 Å². The van der Waals surface area contributed by atoms with E-state index in [1.165, 1.54) is 11.1 Å². The second-order valence-corrected chi connectivity index (χ2v) is 6.87. The fourth-order valence-electron chi connectivity index (χ4n) is 1.67. The average Bonchev–Trinajstić information content (AvgIpc) is 2.26. The summed E-state index contributed by atoms with van der Waals surface area (Å²) >= 11 is 0. The van der Waals surface area contributed by atoms with E-state index < -0.39 is 9.84 Å². The van der Waals surface area contributed by atoms with E-state index in [2.05, 4.69) is 24.4 Å². The summed E-state index contributed by atoms with van der Waals surface area (Å²) in [6.45, 7) is 6.35. The van der Waals surface area contributed by atoms with E-state index in [9.17, 15) is 8.42 Å². The number of rotatable bonds is 6. The highest BCUT2D eigenvalue weighted by Gasteiger charge is 2.12. The van der Waals surface area contributed by atoms with E-state index in [0.717, 1.165) is 0 Å². The zero-order valence-electron chi connectivity index (χ0n) is 10.7. The fraction of sp³-hybridized carbons (Fsp3) is 0.538. The maximum atomic E-state index is 11.4. The van der Waals surface area contributed by atoms with Crippen LogP contribution in [0, 0.1) is 6.92 Å². The van der Waals surface area contributed by atoms with Gasteiger partial charge in [0.15, 0.2) is 9.84 Å². The molecule has 1 atom stereocenters. The van der Waals surface area contributed by atoms with Crippen molar-refractivity contribution in [2.45, 2.75) is 33.4 Å². The predicted octanol–water partition coefficient (Wildman–Crippen LogP) is 1.91. The Bertz CT molecular complexity index is 454. The van der Waals surface area contributed by atoms with Crippen molar-refractivity contribution in [1.29, 1.82) is 0 Å². The first-order valence-electron chi connectivity index (χ1n) is 5.92. The van der Waals surface area contributed by atoms with E-state index in [-0.39, 0.29) is 17.5 Å². The van der Waals surface area contributed by atoms with Crippen LogP contribution in [-0.4, -0.2) is 26.0 Å². The van der Waals surface area contributed by atoms with Crippen LogP contribution in [0.2, 0.25) is 0 Å². The second kappa shape index (κ2) is 6.17. The quantitative estimate of drug-likeness (QED) is 0.844. The summed E-state index contributed by atoms with van der Waals surface area (Å²) in [5.74, 6) is 0.415. The van der Waals surface area contributed by atoms with Gasteiger partial charge in [0.1, 0.15) is 0 Å². The summed E-state index contributed by atoms with van der Waals surface area (Å²) in [6, 6.07) is 8.20. The molecule has 0 aromatic heterocycles. The molecule has 0 aliphatic heterocycles. The van der Waals surface area contributed by atoms with Gasteiger partial charge < -0.3 is 5.32 Å². The monoisotopic (exact) mass is 255 g/mol. The van der Waals surface area contributed by atoms with Gasteiger partial charge in [0, 0.05) is 18.3 Å². The number of aryl methyl sites for hydroxylation is 1. The molecule has 17 heavy (non-hydrogen) atoms. The molecule has 0 heterocycles. The van der Waals surface area contributed by atoms with Gasteiger partial charge in [0.25, 0.3) is 0 Å². The van der Waals surface area contributed by atoms with E-state index >= 15 is 0 Å². The van der Waals surface area contributed by atoms with Gasteiger partial charge in [-0.15, -0.1) is 0 Å². The largest absolute Gasteiger partial charge is 0.309 e. The summed E-state index contributed by atoms with van der Waals surface area (Å²) in [6.07, 6.45) is 0. The molecule has 0 aliphatic carbocycles. The molecule has 3 nitrogen and oxygen atoms in total. The smallest absolute Gasteiger partial charge is 0.151 e. The number of hydrogen-bond acceptors (Lipinski definition) is 3. The maximum absolute atomic E-state index is 11.4. The number of nitrogens with one attached hydrogen (secondary N) is 1. The van der Waals surface area contributed by atoms with Crippen LogP contribution < -0.4 is 5.32 Å². The molecule has 1 aromatic rings. The Morgan fingerprint density at radius 2 is 2.06 bits per heavy atom. The third-order valence-corrected chi connectivity index (χ3v) is 4.57. The lowest BCUT2D eigenvalue weighted by Gasteiger charge is -2.13. The molecule has 0 fully saturated rings. The zero-order chi connectivity index (χ0) is 12.9. The van der Waals surface area contributed by atoms with Gasteiger partial charge in [-0.05, 0) is 19.4 Å². The van der Waals surface area contributed by atoms with Gasteiger partial charge in [-0.3, -0.25) is 0 Å². The van der Waals surface area contributed by atoms with E-state index in [0.29, 0.717) is 6.54 Å². The van der Waals surface area contributed by atoms with Crippen LogP contribution in [0.15, 0.2) is 24.3 Å². The average molecular weight is 255 g/mol. The van der Waals surface area contributed by atoms with E-state index in [1.54, 1.807) is 6.92 Å². The molecular weight excluding hydrogens is 234 g/mol. The number of sulfone groups is 1. The lowest BCUT2D eigenvalue weighted by molar-refractivity contribution is 0.557. The fourth-order valence-corrected chi connectivity index (χ4v) is 2.79. The van der Waals surface area contributed by atoms with Crippen molar-refractivity contribution in [1.82, 2.24) is 5.32 Å². The van der Waals surface area contributed by atoms with Crippen molar-refractivity contribution in [3.05, 3.63) is 35.4 Å². The molecule has 96 valence electrons. The van der Waals surface area contributed by atoms with Gasteiger partial charge in [0.05, 0.1) is 5.75 Å². The molecule has 0 spiro atoms. The van der Waals surface area contributed by atoms with Gasteiger partial charge in [0.2, 0.25) is 0 Å². The molecule has 1 unspecified atom stereocenters. The molecule has 0 saturated carbocycles. The Morgan fingerprint density at radius 3 is 2.65 bits per heavy atom. The first kappa shape index (κ1) is 14.2. The highest BCUT2D eigenvalue weighted by molar-refractivity contribution is 7.91. The first-order valence-corrected chi connectivity index (χ1v) is 7.74. The summed E-state index contributed by atoms with van der Waals surface area (Å²) < 4.78 is 22.9. The van der Waals surface area contributed by atoms with Gasteiger partial charge in [-0.1, -0.05) is 36.8 Å². The van der Waals surface area contributed by atoms with Crippen molar-refractivity contribution < 1.29 is 8.42 Å². The summed E-state index contributed by atoms with van der Waals surface area (Å²) in [5.41, 5.74) is 2.41. The lowest BCUT2D eigenvalue weighted by Crippen LogP contribution is -2.33. The molecule has 0 radical (unpaired) electrons. The Labute approximate surface area is 104 Å². The maximum Gasteiger partial charge on any atom is 0.151 e. The second-order valence-electron chi connectivity index (χ2n) is 4.47. The van der Waals surface area contributed by atoms with Crippen LogP contribution in [0.4, 0.5) is 0 Å². The van der Waals surface area contributed by atoms with Gasteiger partial charge >= 0.3 is 0 Å². The van der Waals surface area contributed by atoms with E-state index in [1.807, 2.05) is 19.1 Å². The molecule has 1 aromatic carbocycles. The SMILES string of the molecule is CCS(=O)(=O)CC(C)NCc1cccc(C)c1. The predicted molar refractivity (Wildman–Crippen MR) is 71.8 cm³/mol. The van der Waals surface area contributed by atoms with Crippen molar-refractivity contribution in [3.63, 3.8) is 0 Å². The minimum atomic E-state index is -2.89. The van der Waals surface area contributed by atoms with Crippen LogP contribution in [0.1, 0.15) is 25.0 Å². The summed E-state index contributed by atoms with van der Waals surface area (Å²) in [4.78, 5) is 0. The van der Waals surface area contributed by atoms with Crippen LogP contribution in [0.5, 0.6) is 0 Å². The van der Waals surface area contributed by atoms with Crippen molar-refractivity contribution in [2.24, 2.45) is 0 Å². The molecule has 0 aliphatic rings. The lowest BCUT2D eigenvalue weighted by atomic mass is 10.1. The minimum absolute atomic E-state index is 0.0135. The van der Waals surface area contributed by atoms with Gasteiger partial charge in [-0.2, -0.15) is 0 Å². The Kier molecular flexibility index (Phi) is 5.15. The number of benzene rings is 1. The minimum Gasteiger partial charge on any atom is -0.309 e. The van der Waals surface area contributed by atoms with Crippen LogP contribution in [0.25, 0.3) is 0 Å². The van der Waals surface area contributed by atoms with Crippen LogP contribution in [-0.2, 0) is 16.4 Å². The summed E-state index contributed by atoms with van der Waals surface area (Å²) in [7, 11) is -2.89. The highest BCUT2D eigenvalue weighted by Crippen LogP contribution is 2.04. The van der Waals surface area contributed by atoms with E-state index in [4.69, 9.17) is 0 Å². The van der Waals surface area contributed by atoms with Crippen molar-refractivity contribution in [2.75, 3.05) is 11.5 Å².